The first-order valence-electron chi connectivity index (χ1n) is 10.0. The van der Waals surface area contributed by atoms with Gasteiger partial charge in [-0.1, -0.05) is 58.3 Å². The molecular formula is C20H28N6O. The third-order valence-corrected chi connectivity index (χ3v) is 4.88. The Labute approximate surface area is 159 Å². The van der Waals surface area contributed by atoms with Crippen LogP contribution in [0.25, 0.3) is 22.3 Å². The number of aryl methyl sites for hydroxylation is 1. The molecule has 2 N–H and O–H groups in total. The number of H-pyrrole nitrogens is 2. The van der Waals surface area contributed by atoms with Gasteiger partial charge >= 0.3 is 0 Å². The highest BCUT2D eigenvalue weighted by Crippen LogP contribution is 2.18. The number of hydrogen-bond acceptors (Lipinski definition) is 5. The molecule has 0 unspecified atom stereocenters. The Morgan fingerprint density at radius 1 is 0.963 bits per heavy atom. The summed E-state index contributed by atoms with van der Waals surface area (Å²) >= 11 is 0. The van der Waals surface area contributed by atoms with Crippen LogP contribution in [0.4, 0.5) is 0 Å². The number of nitrogens with zero attached hydrogens (tertiary/aromatic N) is 4. The van der Waals surface area contributed by atoms with E-state index in [1.807, 2.05) is 12.1 Å². The first-order chi connectivity index (χ1) is 13.3. The van der Waals surface area contributed by atoms with E-state index in [4.69, 9.17) is 0 Å². The van der Waals surface area contributed by atoms with Crippen LogP contribution in [0, 0.1) is 0 Å². The Kier molecular flexibility index (Phi) is 7.07. The summed E-state index contributed by atoms with van der Waals surface area (Å²) in [5.74, 6) is 1.23. The number of fused-ring (bicyclic) bond motifs is 1. The molecule has 0 radical (unpaired) electrons. The van der Waals surface area contributed by atoms with Gasteiger partial charge in [-0.3, -0.25) is 4.79 Å². The van der Waals surface area contributed by atoms with Crippen LogP contribution in [-0.2, 0) is 6.42 Å². The molecule has 2 heterocycles. The lowest BCUT2D eigenvalue weighted by Gasteiger charge is -2.05. The molecule has 3 aromatic rings. The molecule has 0 saturated carbocycles. The monoisotopic (exact) mass is 368 g/mol. The fourth-order valence-electron chi connectivity index (χ4n) is 3.33. The van der Waals surface area contributed by atoms with Crippen LogP contribution < -0.4 is 5.56 Å². The lowest BCUT2D eigenvalue weighted by atomic mass is 10.1. The van der Waals surface area contributed by atoms with Crippen molar-refractivity contribution in [2.45, 2.75) is 71.1 Å². The van der Waals surface area contributed by atoms with Gasteiger partial charge in [0.1, 0.15) is 5.82 Å². The third kappa shape index (κ3) is 5.45. The molecule has 0 fully saturated rings. The Balaban J connectivity index is 1.51. The normalized spacial score (nSPS) is 11.3. The molecule has 7 nitrogen and oxygen atoms in total. The van der Waals surface area contributed by atoms with Crippen molar-refractivity contribution in [2.24, 2.45) is 0 Å². The van der Waals surface area contributed by atoms with Crippen molar-refractivity contribution in [3.05, 3.63) is 34.4 Å². The van der Waals surface area contributed by atoms with Crippen molar-refractivity contribution in [1.82, 2.24) is 30.6 Å². The number of nitrogens with one attached hydrogen (secondary N) is 2. The highest BCUT2D eigenvalue weighted by Gasteiger charge is 2.08. The molecule has 0 aliphatic heterocycles. The molecule has 0 amide bonds. The molecule has 2 aromatic heterocycles. The maximum atomic E-state index is 12.4. The minimum Gasteiger partial charge on any atom is -0.310 e. The standard InChI is InChI=1S/C20H28N6O/c1-2-3-4-5-6-7-8-9-10-11-18-21-17-13-12-15(19-23-25-26-24-19)14-16(17)20(27)22-18/h12-14H,2-11H2,1H3,(H,21,22,27)(H,23,24,25,26). The number of hydrogen-bond donors (Lipinski definition) is 2. The number of aromatic amines is 2. The summed E-state index contributed by atoms with van der Waals surface area (Å²) < 4.78 is 0. The molecule has 0 aliphatic carbocycles. The van der Waals surface area contributed by atoms with Gasteiger partial charge in [-0.05, 0) is 29.8 Å². The van der Waals surface area contributed by atoms with E-state index < -0.39 is 0 Å². The van der Waals surface area contributed by atoms with Crippen molar-refractivity contribution in [3.63, 3.8) is 0 Å². The zero-order chi connectivity index (χ0) is 18.9. The number of rotatable bonds is 11. The van der Waals surface area contributed by atoms with Gasteiger partial charge < -0.3 is 4.98 Å². The van der Waals surface area contributed by atoms with Crippen LogP contribution in [0.3, 0.4) is 0 Å². The van der Waals surface area contributed by atoms with Gasteiger partial charge in [-0.15, -0.1) is 10.2 Å². The molecule has 3 rings (SSSR count). The van der Waals surface area contributed by atoms with E-state index in [1.54, 1.807) is 6.07 Å². The number of benzene rings is 1. The predicted octanol–water partition coefficient (Wildman–Crippen LogP) is 4.18. The lowest BCUT2D eigenvalue weighted by molar-refractivity contribution is 0.562. The largest absolute Gasteiger partial charge is 0.310 e. The van der Waals surface area contributed by atoms with Crippen LogP contribution in [0.5, 0.6) is 0 Å². The molecule has 144 valence electrons. The number of tetrazole rings is 1. The smallest absolute Gasteiger partial charge is 0.258 e. The van der Waals surface area contributed by atoms with Gasteiger partial charge in [-0.25, -0.2) is 4.98 Å². The van der Waals surface area contributed by atoms with E-state index in [9.17, 15) is 4.79 Å². The second-order valence-electron chi connectivity index (χ2n) is 7.06. The molecule has 1 aromatic carbocycles. The summed E-state index contributed by atoms with van der Waals surface area (Å²) in [7, 11) is 0. The average molecular weight is 368 g/mol. The second kappa shape index (κ2) is 9.94. The van der Waals surface area contributed by atoms with Gasteiger partial charge in [0.05, 0.1) is 10.9 Å². The topological polar surface area (TPSA) is 100 Å². The molecule has 7 heteroatoms. The molecule has 0 spiro atoms. The van der Waals surface area contributed by atoms with Crippen molar-refractivity contribution >= 4 is 10.9 Å². The van der Waals surface area contributed by atoms with E-state index >= 15 is 0 Å². The minimum absolute atomic E-state index is 0.115. The lowest BCUT2D eigenvalue weighted by Crippen LogP contribution is -2.12. The van der Waals surface area contributed by atoms with Crippen LogP contribution in [-0.4, -0.2) is 30.6 Å². The quantitative estimate of drug-likeness (QED) is 0.495. The van der Waals surface area contributed by atoms with Gasteiger partial charge in [0, 0.05) is 12.0 Å². The van der Waals surface area contributed by atoms with Crippen LogP contribution in [0.15, 0.2) is 23.0 Å². The molecule has 27 heavy (non-hydrogen) atoms. The zero-order valence-corrected chi connectivity index (χ0v) is 16.0. The molecule has 0 saturated heterocycles. The molecule has 0 bridgehead atoms. The van der Waals surface area contributed by atoms with Crippen LogP contribution >= 0.6 is 0 Å². The SMILES string of the molecule is CCCCCCCCCCCc1nc2ccc(-c3nn[nH]n3)cc2c(=O)[nH]1. The molecule has 0 atom stereocenters. The Morgan fingerprint density at radius 3 is 2.41 bits per heavy atom. The second-order valence-corrected chi connectivity index (χ2v) is 7.06. The van der Waals surface area contributed by atoms with E-state index in [2.05, 4.69) is 37.5 Å². The van der Waals surface area contributed by atoms with Crippen molar-refractivity contribution in [2.75, 3.05) is 0 Å². The van der Waals surface area contributed by atoms with Gasteiger partial charge in [0.25, 0.3) is 5.56 Å². The van der Waals surface area contributed by atoms with E-state index in [0.29, 0.717) is 16.7 Å². The first-order valence-corrected chi connectivity index (χ1v) is 10.0. The zero-order valence-electron chi connectivity index (χ0n) is 16.0. The van der Waals surface area contributed by atoms with Crippen molar-refractivity contribution in [1.29, 1.82) is 0 Å². The summed E-state index contributed by atoms with van der Waals surface area (Å²) in [4.78, 5) is 19.9. The Hall–Kier alpha value is -2.57. The summed E-state index contributed by atoms with van der Waals surface area (Å²) in [6.07, 6.45) is 12.4. The minimum atomic E-state index is -0.115. The number of unbranched alkanes of at least 4 members (excludes halogenated alkanes) is 8. The fraction of sp³-hybridized carbons (Fsp3) is 0.550. The third-order valence-electron chi connectivity index (χ3n) is 4.88. The molecule has 0 aliphatic rings. The van der Waals surface area contributed by atoms with Crippen LogP contribution in [0.1, 0.15) is 70.5 Å². The van der Waals surface area contributed by atoms with Gasteiger partial charge in [0.2, 0.25) is 5.82 Å². The highest BCUT2D eigenvalue weighted by atomic mass is 16.1. The van der Waals surface area contributed by atoms with Gasteiger partial charge in [0.15, 0.2) is 0 Å². The predicted molar refractivity (Wildman–Crippen MR) is 106 cm³/mol. The van der Waals surface area contributed by atoms with Crippen molar-refractivity contribution < 1.29 is 0 Å². The van der Waals surface area contributed by atoms with E-state index in [-0.39, 0.29) is 5.56 Å². The summed E-state index contributed by atoms with van der Waals surface area (Å²) in [6, 6.07) is 5.46. The Bertz CT molecular complexity index is 887. The fourth-order valence-corrected chi connectivity index (χ4v) is 3.33. The first kappa shape index (κ1) is 19.2. The van der Waals surface area contributed by atoms with E-state index in [0.717, 1.165) is 24.2 Å². The maximum absolute atomic E-state index is 12.4. The maximum Gasteiger partial charge on any atom is 0.258 e. The Morgan fingerprint density at radius 2 is 1.70 bits per heavy atom. The molecular weight excluding hydrogens is 340 g/mol. The van der Waals surface area contributed by atoms with Crippen molar-refractivity contribution in [3.8, 4) is 11.4 Å². The van der Waals surface area contributed by atoms with Gasteiger partial charge in [-0.2, -0.15) is 5.21 Å². The van der Waals surface area contributed by atoms with Crippen LogP contribution in [0.2, 0.25) is 0 Å². The number of aromatic nitrogens is 6. The summed E-state index contributed by atoms with van der Waals surface area (Å²) in [5.41, 5.74) is 1.34. The summed E-state index contributed by atoms with van der Waals surface area (Å²) in [5, 5.41) is 14.4. The van der Waals surface area contributed by atoms with E-state index in [1.165, 1.54) is 51.4 Å². The average Bonchev–Trinajstić information content (AvgIpc) is 3.21. The summed E-state index contributed by atoms with van der Waals surface area (Å²) in [6.45, 7) is 2.25. The highest BCUT2D eigenvalue weighted by molar-refractivity contribution is 5.82.